The van der Waals surface area contributed by atoms with Crippen LogP contribution in [0.4, 0.5) is 8.78 Å². The van der Waals surface area contributed by atoms with Crippen molar-refractivity contribution in [1.29, 1.82) is 0 Å². The second-order valence-corrected chi connectivity index (χ2v) is 10.00. The number of carbonyl (C=O) groups is 2. The maximum atomic E-state index is 13.9. The number of carbonyl (C=O) groups excluding carboxylic acids is 2. The molecular formula is C21H29F2N3O4S. The Morgan fingerprint density at radius 3 is 2.58 bits per heavy atom. The average Bonchev–Trinajstić information content (AvgIpc) is 2.96. The van der Waals surface area contributed by atoms with Gasteiger partial charge in [0.15, 0.2) is 0 Å². The smallest absolute Gasteiger partial charge is 0.246 e. The van der Waals surface area contributed by atoms with Crippen LogP contribution in [0.15, 0.2) is 23.1 Å². The topological polar surface area (TPSA) is 86.8 Å². The monoisotopic (exact) mass is 457 g/mol. The Hall–Kier alpha value is -2.07. The Labute approximate surface area is 181 Å². The predicted octanol–water partition coefficient (Wildman–Crippen LogP) is 2.27. The first-order valence-electron chi connectivity index (χ1n) is 10.8. The number of amides is 2. The van der Waals surface area contributed by atoms with E-state index in [2.05, 4.69) is 5.32 Å². The summed E-state index contributed by atoms with van der Waals surface area (Å²) in [5.41, 5.74) is 0. The summed E-state index contributed by atoms with van der Waals surface area (Å²) >= 11 is 0. The van der Waals surface area contributed by atoms with Crippen LogP contribution in [0.2, 0.25) is 0 Å². The van der Waals surface area contributed by atoms with E-state index >= 15 is 0 Å². The molecule has 2 aliphatic rings. The van der Waals surface area contributed by atoms with Crippen molar-refractivity contribution in [3.63, 3.8) is 0 Å². The molecule has 0 bridgehead atoms. The van der Waals surface area contributed by atoms with E-state index in [1.807, 2.05) is 4.90 Å². The third-order valence-electron chi connectivity index (χ3n) is 5.91. The number of nitrogens with one attached hydrogen (secondary N) is 1. The molecule has 2 aliphatic heterocycles. The lowest BCUT2D eigenvalue weighted by Crippen LogP contribution is -2.43. The molecular weight excluding hydrogens is 428 g/mol. The number of sulfonamides is 1. The van der Waals surface area contributed by atoms with Gasteiger partial charge in [0.2, 0.25) is 21.8 Å². The first-order valence-corrected chi connectivity index (χ1v) is 12.2. The highest BCUT2D eigenvalue weighted by atomic mass is 32.2. The van der Waals surface area contributed by atoms with E-state index in [0.29, 0.717) is 44.8 Å². The van der Waals surface area contributed by atoms with Gasteiger partial charge in [-0.25, -0.2) is 17.2 Å². The minimum absolute atomic E-state index is 0.0681. The first-order chi connectivity index (χ1) is 14.8. The fourth-order valence-electron chi connectivity index (χ4n) is 4.07. The fraction of sp³-hybridized carbons (Fsp3) is 0.619. The summed E-state index contributed by atoms with van der Waals surface area (Å²) in [5.74, 6) is -2.12. The number of likely N-dealkylation sites (tertiary alicyclic amines) is 1. The molecule has 1 N–H and O–H groups in total. The van der Waals surface area contributed by atoms with Crippen molar-refractivity contribution in [2.75, 3.05) is 32.7 Å². The van der Waals surface area contributed by atoms with Crippen LogP contribution in [0.5, 0.6) is 0 Å². The molecule has 1 aromatic rings. The summed E-state index contributed by atoms with van der Waals surface area (Å²) in [6, 6.07) is 2.34. The van der Waals surface area contributed by atoms with E-state index in [-0.39, 0.29) is 30.8 Å². The number of hydrogen-bond acceptors (Lipinski definition) is 4. The number of hydrogen-bond donors (Lipinski definition) is 1. The third kappa shape index (κ3) is 6.00. The molecule has 0 atom stereocenters. The average molecular weight is 458 g/mol. The molecule has 0 aromatic heterocycles. The number of benzene rings is 1. The molecule has 1 aromatic carbocycles. The zero-order valence-electron chi connectivity index (χ0n) is 17.5. The summed E-state index contributed by atoms with van der Waals surface area (Å²) in [6.45, 7) is 1.98. The molecule has 172 valence electrons. The van der Waals surface area contributed by atoms with E-state index in [0.717, 1.165) is 42.2 Å². The molecule has 2 saturated heterocycles. The summed E-state index contributed by atoms with van der Waals surface area (Å²) in [4.78, 5) is 25.6. The molecule has 2 fully saturated rings. The highest BCUT2D eigenvalue weighted by molar-refractivity contribution is 7.89. The van der Waals surface area contributed by atoms with Crippen molar-refractivity contribution in [2.45, 2.75) is 49.8 Å². The number of halogens is 2. The first kappa shape index (κ1) is 23.6. The van der Waals surface area contributed by atoms with E-state index in [9.17, 15) is 26.8 Å². The summed E-state index contributed by atoms with van der Waals surface area (Å²) in [7, 11) is -4.16. The van der Waals surface area contributed by atoms with Gasteiger partial charge < -0.3 is 10.2 Å². The lowest BCUT2D eigenvalue weighted by atomic mass is 9.97. The van der Waals surface area contributed by atoms with Crippen molar-refractivity contribution in [1.82, 2.24) is 14.5 Å². The molecule has 2 amide bonds. The van der Waals surface area contributed by atoms with Crippen molar-refractivity contribution in [3.05, 3.63) is 29.8 Å². The van der Waals surface area contributed by atoms with Crippen LogP contribution in [0.25, 0.3) is 0 Å². The minimum Gasteiger partial charge on any atom is -0.356 e. The van der Waals surface area contributed by atoms with E-state index in [1.165, 1.54) is 0 Å². The normalized spacial score (nSPS) is 19.3. The maximum absolute atomic E-state index is 13.9. The molecule has 31 heavy (non-hydrogen) atoms. The fourth-order valence-corrected chi connectivity index (χ4v) is 5.62. The number of rotatable bonds is 7. The molecule has 0 unspecified atom stereocenters. The molecule has 2 heterocycles. The van der Waals surface area contributed by atoms with Gasteiger partial charge in [-0.3, -0.25) is 9.59 Å². The molecule has 7 nitrogen and oxygen atoms in total. The minimum atomic E-state index is -4.16. The van der Waals surface area contributed by atoms with Crippen LogP contribution in [-0.2, 0) is 19.6 Å². The van der Waals surface area contributed by atoms with Crippen LogP contribution in [-0.4, -0.2) is 62.2 Å². The van der Waals surface area contributed by atoms with Gasteiger partial charge in [-0.15, -0.1) is 0 Å². The second kappa shape index (κ2) is 10.5. The Morgan fingerprint density at radius 1 is 1.10 bits per heavy atom. The largest absolute Gasteiger partial charge is 0.356 e. The van der Waals surface area contributed by atoms with Gasteiger partial charge in [-0.1, -0.05) is 6.42 Å². The van der Waals surface area contributed by atoms with Crippen LogP contribution in [0, 0.1) is 17.6 Å². The number of piperidine rings is 1. The molecule has 0 aliphatic carbocycles. The Morgan fingerprint density at radius 2 is 1.84 bits per heavy atom. The summed E-state index contributed by atoms with van der Waals surface area (Å²) in [5, 5.41) is 2.87. The van der Waals surface area contributed by atoms with Gasteiger partial charge in [-0.05, 0) is 50.3 Å². The molecule has 10 heteroatoms. The highest BCUT2D eigenvalue weighted by Gasteiger charge is 2.33. The van der Waals surface area contributed by atoms with Gasteiger partial charge in [0, 0.05) is 45.1 Å². The third-order valence-corrected chi connectivity index (χ3v) is 7.82. The van der Waals surface area contributed by atoms with Gasteiger partial charge >= 0.3 is 0 Å². The Kier molecular flexibility index (Phi) is 7.99. The van der Waals surface area contributed by atoms with Crippen molar-refractivity contribution in [3.8, 4) is 0 Å². The Balaban J connectivity index is 1.44. The lowest BCUT2D eigenvalue weighted by Gasteiger charge is -2.30. The standard InChI is InChI=1S/C21H29F2N3O4S/c22-17-6-7-18(23)19(15-17)31(29,30)26-13-8-16(9-14-26)21(28)24-10-4-12-25-11-3-1-2-5-20(25)27/h6-7,15-16H,1-5,8-14H2,(H,24,28). The lowest BCUT2D eigenvalue weighted by molar-refractivity contribution is -0.130. The SMILES string of the molecule is O=C(NCCCN1CCCCCC1=O)C1CCN(S(=O)(=O)c2cc(F)ccc2F)CC1. The van der Waals surface area contributed by atoms with Crippen molar-refractivity contribution in [2.24, 2.45) is 5.92 Å². The van der Waals surface area contributed by atoms with Gasteiger partial charge in [0.1, 0.15) is 16.5 Å². The quantitative estimate of drug-likeness (QED) is 0.637. The molecule has 0 spiro atoms. The van der Waals surface area contributed by atoms with Crippen molar-refractivity contribution >= 4 is 21.8 Å². The molecule has 0 saturated carbocycles. The zero-order valence-corrected chi connectivity index (χ0v) is 18.3. The van der Waals surface area contributed by atoms with Gasteiger partial charge in [0.05, 0.1) is 0 Å². The van der Waals surface area contributed by atoms with Gasteiger partial charge in [-0.2, -0.15) is 4.31 Å². The van der Waals surface area contributed by atoms with Crippen LogP contribution in [0.3, 0.4) is 0 Å². The van der Waals surface area contributed by atoms with E-state index in [4.69, 9.17) is 0 Å². The second-order valence-electron chi connectivity index (χ2n) is 8.09. The number of nitrogens with zero attached hydrogens (tertiary/aromatic N) is 2. The maximum Gasteiger partial charge on any atom is 0.246 e. The summed E-state index contributed by atoms with van der Waals surface area (Å²) < 4.78 is 53.7. The van der Waals surface area contributed by atoms with E-state index < -0.39 is 26.6 Å². The van der Waals surface area contributed by atoms with Crippen LogP contribution >= 0.6 is 0 Å². The molecule has 0 radical (unpaired) electrons. The van der Waals surface area contributed by atoms with Crippen LogP contribution in [0.1, 0.15) is 44.9 Å². The van der Waals surface area contributed by atoms with Gasteiger partial charge in [0.25, 0.3) is 0 Å². The highest BCUT2D eigenvalue weighted by Crippen LogP contribution is 2.26. The zero-order chi connectivity index (χ0) is 22.4. The van der Waals surface area contributed by atoms with E-state index in [1.54, 1.807) is 0 Å². The van der Waals surface area contributed by atoms with Crippen molar-refractivity contribution < 1.29 is 26.8 Å². The molecule has 3 rings (SSSR count). The summed E-state index contributed by atoms with van der Waals surface area (Å²) in [6.07, 6.45) is 4.90. The predicted molar refractivity (Wildman–Crippen MR) is 111 cm³/mol. The Bertz CT molecular complexity index is 902. The van der Waals surface area contributed by atoms with Crippen LogP contribution < -0.4 is 5.32 Å².